The van der Waals surface area contributed by atoms with E-state index >= 15 is 0 Å². The second-order valence-corrected chi connectivity index (χ2v) is 10.9. The molecule has 4 heterocycles. The second-order valence-electron chi connectivity index (χ2n) is 10.5. The Morgan fingerprint density at radius 2 is 1.63 bits per heavy atom. The molecule has 2 aromatic heterocycles. The summed E-state index contributed by atoms with van der Waals surface area (Å²) in [5, 5.41) is 4.09. The number of piperazine rings is 1. The number of nitrogens with one attached hydrogen (secondary N) is 1. The highest BCUT2D eigenvalue weighted by Crippen LogP contribution is 2.38. The number of anilines is 2. The zero-order valence-corrected chi connectivity index (χ0v) is 23.3. The first-order valence-electron chi connectivity index (χ1n) is 13.9. The van der Waals surface area contributed by atoms with Crippen molar-refractivity contribution in [1.82, 2.24) is 10.3 Å². The maximum absolute atomic E-state index is 14.3. The Hall–Kier alpha value is -4.39. The lowest BCUT2D eigenvalue weighted by molar-refractivity contribution is 0.0959. The molecule has 204 valence electrons. The van der Waals surface area contributed by atoms with Gasteiger partial charge in [-0.05, 0) is 82.9 Å². The smallest absolute Gasteiger partial charge is 0.294 e. The van der Waals surface area contributed by atoms with Gasteiger partial charge >= 0.3 is 0 Å². The van der Waals surface area contributed by atoms with Crippen LogP contribution in [-0.2, 0) is 13.0 Å². The van der Waals surface area contributed by atoms with E-state index in [9.17, 15) is 4.79 Å². The summed E-state index contributed by atoms with van der Waals surface area (Å²) in [5.74, 6) is 0.911. The third-order valence-corrected chi connectivity index (χ3v) is 8.18. The molecule has 5 aromatic rings. The summed E-state index contributed by atoms with van der Waals surface area (Å²) in [6.45, 7) is 4.25. The highest BCUT2D eigenvalue weighted by Gasteiger charge is 2.32. The highest BCUT2D eigenvalue weighted by atomic mass is 35.5. The minimum atomic E-state index is -0.140. The number of carbonyl (C=O) groups excluding carboxylic acids is 1. The van der Waals surface area contributed by atoms with Crippen molar-refractivity contribution in [2.24, 2.45) is 0 Å². The Kier molecular flexibility index (Phi) is 6.79. The molecule has 1 fully saturated rings. The first kappa shape index (κ1) is 25.6. The predicted molar refractivity (Wildman–Crippen MR) is 164 cm³/mol. The lowest BCUT2D eigenvalue weighted by atomic mass is 9.99. The molecule has 7 heteroatoms. The van der Waals surface area contributed by atoms with E-state index in [0.717, 1.165) is 65.2 Å². The van der Waals surface area contributed by atoms with Gasteiger partial charge in [0.2, 0.25) is 0 Å². The van der Waals surface area contributed by atoms with Crippen molar-refractivity contribution in [3.05, 3.63) is 125 Å². The van der Waals surface area contributed by atoms with Gasteiger partial charge in [0.1, 0.15) is 5.76 Å². The van der Waals surface area contributed by atoms with Crippen molar-refractivity contribution in [3.63, 3.8) is 0 Å². The number of benzene rings is 3. The van der Waals surface area contributed by atoms with Crippen LogP contribution in [0.1, 0.15) is 27.2 Å². The number of furan rings is 1. The molecule has 0 atom stereocenters. The lowest BCUT2D eigenvalue weighted by Crippen LogP contribution is -2.43. The van der Waals surface area contributed by atoms with E-state index in [1.165, 1.54) is 5.69 Å². The SMILES string of the molecule is O=C1c2oc(-c3ccc(Cl)cc3)cc2Cc2cc(N3CCNCC3)ccc2N1Cc1ccccc1-c1ccncc1. The third kappa shape index (κ3) is 5.01. The first-order valence-corrected chi connectivity index (χ1v) is 14.3. The summed E-state index contributed by atoms with van der Waals surface area (Å²) in [4.78, 5) is 22.8. The van der Waals surface area contributed by atoms with E-state index in [4.69, 9.17) is 16.0 Å². The number of fused-ring (bicyclic) bond motifs is 2. The molecule has 1 saturated heterocycles. The Morgan fingerprint density at radius 1 is 0.854 bits per heavy atom. The summed E-state index contributed by atoms with van der Waals surface area (Å²) in [6, 6.07) is 28.3. The van der Waals surface area contributed by atoms with Crippen molar-refractivity contribution >= 4 is 28.9 Å². The second kappa shape index (κ2) is 10.9. The molecule has 0 saturated carbocycles. The van der Waals surface area contributed by atoms with Gasteiger partial charge in [-0.15, -0.1) is 0 Å². The fraction of sp³-hybridized carbons (Fsp3) is 0.176. The van der Waals surface area contributed by atoms with Gasteiger partial charge in [0.15, 0.2) is 5.76 Å². The Balaban J connectivity index is 1.33. The maximum Gasteiger partial charge on any atom is 0.294 e. The molecule has 3 aromatic carbocycles. The predicted octanol–water partition coefficient (Wildman–Crippen LogP) is 6.82. The summed E-state index contributed by atoms with van der Waals surface area (Å²) in [7, 11) is 0. The number of carbonyl (C=O) groups is 1. The van der Waals surface area contributed by atoms with Gasteiger partial charge < -0.3 is 19.5 Å². The summed E-state index contributed by atoms with van der Waals surface area (Å²) in [5.41, 5.74) is 8.18. The van der Waals surface area contributed by atoms with Crippen LogP contribution in [0.5, 0.6) is 0 Å². The molecule has 1 N–H and O–H groups in total. The number of amides is 1. The van der Waals surface area contributed by atoms with Crippen molar-refractivity contribution in [2.75, 3.05) is 36.0 Å². The number of aromatic nitrogens is 1. The fourth-order valence-electron chi connectivity index (χ4n) is 5.83. The van der Waals surface area contributed by atoms with Gasteiger partial charge in [-0.3, -0.25) is 9.78 Å². The Labute approximate surface area is 244 Å². The van der Waals surface area contributed by atoms with Gasteiger partial charge in [0, 0.05) is 72.5 Å². The number of halogens is 1. The Bertz CT molecular complexity index is 1710. The molecule has 6 nitrogen and oxygen atoms in total. The monoisotopic (exact) mass is 560 g/mol. The summed E-state index contributed by atoms with van der Waals surface area (Å²) in [6.07, 6.45) is 4.20. The standard InChI is InChI=1S/C34H29ClN4O2/c35-28-7-5-24(6-8-28)32-21-27-19-26-20-29(38-17-15-37-16-18-38)9-10-31(26)39(34(40)33(27)41-32)22-25-3-1-2-4-30(25)23-11-13-36-14-12-23/h1-14,20-21,37H,15-19,22H2. The molecule has 2 aliphatic heterocycles. The highest BCUT2D eigenvalue weighted by molar-refractivity contribution is 6.30. The van der Waals surface area contributed by atoms with Crippen LogP contribution in [0.25, 0.3) is 22.5 Å². The van der Waals surface area contributed by atoms with E-state index in [-0.39, 0.29) is 5.91 Å². The van der Waals surface area contributed by atoms with Crippen molar-refractivity contribution in [1.29, 1.82) is 0 Å². The van der Waals surface area contributed by atoms with Crippen LogP contribution in [0, 0.1) is 0 Å². The van der Waals surface area contributed by atoms with Gasteiger partial charge in [-0.25, -0.2) is 0 Å². The molecule has 0 spiro atoms. The van der Waals surface area contributed by atoms with E-state index < -0.39 is 0 Å². The third-order valence-electron chi connectivity index (χ3n) is 7.93. The van der Waals surface area contributed by atoms with E-state index in [0.29, 0.717) is 29.5 Å². The van der Waals surface area contributed by atoms with Gasteiger partial charge in [-0.2, -0.15) is 0 Å². The lowest BCUT2D eigenvalue weighted by Gasteiger charge is -2.31. The Morgan fingerprint density at radius 3 is 2.44 bits per heavy atom. The topological polar surface area (TPSA) is 61.6 Å². The van der Waals surface area contributed by atoms with Crippen LogP contribution < -0.4 is 15.1 Å². The van der Waals surface area contributed by atoms with Gasteiger partial charge in [0.25, 0.3) is 5.91 Å². The van der Waals surface area contributed by atoms with E-state index in [2.05, 4.69) is 45.5 Å². The van der Waals surface area contributed by atoms with Crippen LogP contribution in [0.15, 0.2) is 102 Å². The largest absolute Gasteiger partial charge is 0.451 e. The normalized spacial score (nSPS) is 14.9. The average Bonchev–Trinajstić information content (AvgIpc) is 3.41. The zero-order valence-electron chi connectivity index (χ0n) is 22.5. The average molecular weight is 561 g/mol. The molecule has 41 heavy (non-hydrogen) atoms. The summed E-state index contributed by atoms with van der Waals surface area (Å²) < 4.78 is 6.32. The van der Waals surface area contributed by atoms with E-state index in [1.807, 2.05) is 59.5 Å². The minimum absolute atomic E-state index is 0.140. The van der Waals surface area contributed by atoms with Crippen LogP contribution in [0.2, 0.25) is 5.02 Å². The molecular weight excluding hydrogens is 532 g/mol. The van der Waals surface area contributed by atoms with Gasteiger partial charge in [0.05, 0.1) is 6.54 Å². The first-order chi connectivity index (χ1) is 20.1. The molecular formula is C34H29ClN4O2. The van der Waals surface area contributed by atoms with Crippen LogP contribution >= 0.6 is 11.6 Å². The molecule has 2 aliphatic rings. The molecule has 7 rings (SSSR count). The number of nitrogens with zero attached hydrogens (tertiary/aromatic N) is 3. The minimum Gasteiger partial charge on any atom is -0.451 e. The van der Waals surface area contributed by atoms with Crippen LogP contribution in [0.4, 0.5) is 11.4 Å². The molecule has 0 unspecified atom stereocenters. The maximum atomic E-state index is 14.3. The fourth-order valence-corrected chi connectivity index (χ4v) is 5.96. The number of hydrogen-bond acceptors (Lipinski definition) is 5. The molecule has 0 aliphatic carbocycles. The summed E-state index contributed by atoms with van der Waals surface area (Å²) >= 11 is 6.13. The van der Waals surface area contributed by atoms with Crippen molar-refractivity contribution in [2.45, 2.75) is 13.0 Å². The van der Waals surface area contributed by atoms with E-state index in [1.54, 1.807) is 12.4 Å². The number of hydrogen-bond donors (Lipinski definition) is 1. The number of pyridine rings is 1. The van der Waals surface area contributed by atoms with Crippen LogP contribution in [0.3, 0.4) is 0 Å². The van der Waals surface area contributed by atoms with Crippen molar-refractivity contribution in [3.8, 4) is 22.5 Å². The zero-order chi connectivity index (χ0) is 27.8. The molecule has 0 radical (unpaired) electrons. The quantitative estimate of drug-likeness (QED) is 0.255. The molecule has 0 bridgehead atoms. The van der Waals surface area contributed by atoms with Crippen LogP contribution in [-0.4, -0.2) is 37.1 Å². The molecule has 1 amide bonds. The number of rotatable bonds is 5. The van der Waals surface area contributed by atoms with Gasteiger partial charge in [-0.1, -0.05) is 35.9 Å². The van der Waals surface area contributed by atoms with Crippen molar-refractivity contribution < 1.29 is 9.21 Å².